The Morgan fingerprint density at radius 1 is 0.585 bits per heavy atom. The largest absolute Gasteiger partial charge is 0.475 e. The summed E-state index contributed by atoms with van der Waals surface area (Å²) in [6.07, 6.45) is 0. The SMILES string of the molecule is CC(C)[C@H]1COC(c2cc(-c3ccccc3)cc3c2[nH]c2c(C4=N[C@@H](C(C)C)CO4)cc(-c4ccccc4)cc23)=N1. The molecule has 7 rings (SSSR count). The Kier molecular flexibility index (Phi) is 6.38. The number of rotatable bonds is 6. The number of aliphatic imine (C=N–C) groups is 2. The maximum atomic E-state index is 6.25. The molecule has 0 radical (unpaired) electrons. The van der Waals surface area contributed by atoms with Gasteiger partial charge < -0.3 is 14.5 Å². The molecule has 2 aliphatic rings. The van der Waals surface area contributed by atoms with E-state index < -0.39 is 0 Å². The standard InChI is InChI=1S/C36H35N3O2/c1-21(2)31-19-40-35(37-31)29-17-25(23-11-7-5-8-12-23)15-27-28-16-26(24-13-9-6-10-14-24)18-30(34(28)39-33(27)29)36-38-32(20-41-36)22(3)4/h5-18,21-22,31-32,39H,19-20H2,1-4H3/t31-,32-/m1/s1. The van der Waals surface area contributed by atoms with Crippen LogP contribution in [0.4, 0.5) is 0 Å². The lowest BCUT2D eigenvalue weighted by atomic mass is 9.96. The summed E-state index contributed by atoms with van der Waals surface area (Å²) in [5.41, 5.74) is 8.60. The third-order valence-electron chi connectivity index (χ3n) is 8.38. The number of hydrogen-bond donors (Lipinski definition) is 1. The molecule has 5 heteroatoms. The number of benzene rings is 4. The van der Waals surface area contributed by atoms with Crippen molar-refractivity contribution in [3.05, 3.63) is 96.1 Å². The molecule has 0 aliphatic carbocycles. The summed E-state index contributed by atoms with van der Waals surface area (Å²) in [5, 5.41) is 2.27. The molecule has 4 aromatic carbocycles. The second-order valence-electron chi connectivity index (χ2n) is 11.9. The van der Waals surface area contributed by atoms with Crippen molar-refractivity contribution in [1.29, 1.82) is 0 Å². The van der Waals surface area contributed by atoms with Crippen LogP contribution in [0.25, 0.3) is 44.1 Å². The molecule has 0 unspecified atom stereocenters. The fourth-order valence-corrected chi connectivity index (χ4v) is 5.79. The van der Waals surface area contributed by atoms with Gasteiger partial charge in [-0.25, -0.2) is 9.98 Å². The minimum absolute atomic E-state index is 0.152. The van der Waals surface area contributed by atoms with Gasteiger partial charge in [-0.3, -0.25) is 0 Å². The highest BCUT2D eigenvalue weighted by molar-refractivity contribution is 6.21. The average molecular weight is 542 g/mol. The van der Waals surface area contributed by atoms with Gasteiger partial charge in [-0.2, -0.15) is 0 Å². The van der Waals surface area contributed by atoms with Crippen molar-refractivity contribution < 1.29 is 9.47 Å². The molecule has 0 saturated carbocycles. The molecule has 1 aromatic heterocycles. The molecule has 3 heterocycles. The number of hydrogen-bond acceptors (Lipinski definition) is 4. The van der Waals surface area contributed by atoms with Crippen LogP contribution in [0.5, 0.6) is 0 Å². The van der Waals surface area contributed by atoms with Crippen LogP contribution in [0.2, 0.25) is 0 Å². The van der Waals surface area contributed by atoms with Crippen LogP contribution < -0.4 is 0 Å². The number of ether oxygens (including phenoxy) is 2. The van der Waals surface area contributed by atoms with Crippen molar-refractivity contribution >= 4 is 33.6 Å². The van der Waals surface area contributed by atoms with Crippen LogP contribution >= 0.6 is 0 Å². The topological polar surface area (TPSA) is 59.0 Å². The summed E-state index contributed by atoms with van der Waals surface area (Å²) in [4.78, 5) is 13.9. The van der Waals surface area contributed by atoms with Crippen molar-refractivity contribution in [1.82, 2.24) is 4.98 Å². The predicted molar refractivity (Wildman–Crippen MR) is 169 cm³/mol. The molecule has 5 aromatic rings. The van der Waals surface area contributed by atoms with E-state index >= 15 is 0 Å². The van der Waals surface area contributed by atoms with Gasteiger partial charge in [0, 0.05) is 10.8 Å². The molecule has 0 bridgehead atoms. The van der Waals surface area contributed by atoms with Gasteiger partial charge in [0.15, 0.2) is 0 Å². The maximum absolute atomic E-state index is 6.25. The monoisotopic (exact) mass is 541 g/mol. The van der Waals surface area contributed by atoms with E-state index in [1.807, 2.05) is 0 Å². The molecule has 2 aliphatic heterocycles. The van der Waals surface area contributed by atoms with Crippen LogP contribution in [-0.4, -0.2) is 42.1 Å². The fraction of sp³-hybridized carbons (Fsp3) is 0.278. The van der Waals surface area contributed by atoms with Crippen molar-refractivity contribution in [3.8, 4) is 22.3 Å². The van der Waals surface area contributed by atoms with Crippen molar-refractivity contribution in [3.63, 3.8) is 0 Å². The minimum Gasteiger partial charge on any atom is -0.475 e. The lowest BCUT2D eigenvalue weighted by Gasteiger charge is -2.09. The molecule has 5 nitrogen and oxygen atoms in total. The smallest absolute Gasteiger partial charge is 0.218 e. The summed E-state index contributed by atoms with van der Waals surface area (Å²) in [7, 11) is 0. The summed E-state index contributed by atoms with van der Waals surface area (Å²) >= 11 is 0. The summed E-state index contributed by atoms with van der Waals surface area (Å²) in [6.45, 7) is 10.0. The third kappa shape index (κ3) is 4.59. The van der Waals surface area contributed by atoms with Crippen LogP contribution in [0.1, 0.15) is 38.8 Å². The van der Waals surface area contributed by atoms with Gasteiger partial charge >= 0.3 is 0 Å². The second-order valence-corrected chi connectivity index (χ2v) is 11.9. The molecule has 0 saturated heterocycles. The van der Waals surface area contributed by atoms with Crippen molar-refractivity contribution in [2.75, 3.05) is 13.2 Å². The van der Waals surface area contributed by atoms with Crippen LogP contribution in [0.3, 0.4) is 0 Å². The highest BCUT2D eigenvalue weighted by Gasteiger charge is 2.28. The lowest BCUT2D eigenvalue weighted by Crippen LogP contribution is -2.13. The molecular formula is C36H35N3O2. The molecular weight excluding hydrogens is 506 g/mol. The lowest BCUT2D eigenvalue weighted by molar-refractivity contribution is 0.292. The Hall–Kier alpha value is -4.38. The van der Waals surface area contributed by atoms with Gasteiger partial charge in [0.1, 0.15) is 13.2 Å². The minimum atomic E-state index is 0.152. The Labute approximate surface area is 241 Å². The molecule has 1 N–H and O–H groups in total. The van der Waals surface area contributed by atoms with E-state index in [-0.39, 0.29) is 12.1 Å². The molecule has 0 amide bonds. The van der Waals surface area contributed by atoms with Crippen molar-refractivity contribution in [2.45, 2.75) is 39.8 Å². The Morgan fingerprint density at radius 3 is 1.37 bits per heavy atom. The average Bonchev–Trinajstić information content (AvgIpc) is 3.76. The third-order valence-corrected chi connectivity index (χ3v) is 8.38. The zero-order valence-electron chi connectivity index (χ0n) is 24.0. The Balaban J connectivity index is 1.53. The highest BCUT2D eigenvalue weighted by atomic mass is 16.5. The van der Waals surface area contributed by atoms with E-state index in [4.69, 9.17) is 19.5 Å². The first kappa shape index (κ1) is 25.6. The zero-order chi connectivity index (χ0) is 28.1. The van der Waals surface area contributed by atoms with E-state index in [0.29, 0.717) is 36.8 Å². The number of nitrogens with one attached hydrogen (secondary N) is 1. The normalized spacial score (nSPS) is 18.7. The zero-order valence-corrected chi connectivity index (χ0v) is 24.0. The van der Waals surface area contributed by atoms with E-state index in [9.17, 15) is 0 Å². The number of H-pyrrole nitrogens is 1. The van der Waals surface area contributed by atoms with E-state index in [1.165, 1.54) is 0 Å². The number of fused-ring (bicyclic) bond motifs is 3. The number of aromatic nitrogens is 1. The first-order valence-electron chi connectivity index (χ1n) is 14.6. The quantitative estimate of drug-likeness (QED) is 0.235. The van der Waals surface area contributed by atoms with Crippen LogP contribution in [-0.2, 0) is 9.47 Å². The molecule has 2 atom stereocenters. The van der Waals surface area contributed by atoms with Gasteiger partial charge in [-0.1, -0.05) is 88.4 Å². The van der Waals surface area contributed by atoms with Gasteiger partial charge in [0.2, 0.25) is 11.8 Å². The summed E-state index contributed by atoms with van der Waals surface area (Å²) < 4.78 is 12.5. The Morgan fingerprint density at radius 2 is 1.00 bits per heavy atom. The van der Waals surface area contributed by atoms with E-state index in [0.717, 1.165) is 55.2 Å². The second kappa shape index (κ2) is 10.2. The Bertz CT molecular complexity index is 1670. The molecule has 206 valence electrons. The van der Waals surface area contributed by atoms with Crippen LogP contribution in [0.15, 0.2) is 94.9 Å². The summed E-state index contributed by atoms with van der Waals surface area (Å²) in [5.74, 6) is 2.23. The maximum Gasteiger partial charge on any atom is 0.218 e. The fourth-order valence-electron chi connectivity index (χ4n) is 5.79. The highest BCUT2D eigenvalue weighted by Crippen LogP contribution is 2.38. The van der Waals surface area contributed by atoms with Crippen molar-refractivity contribution in [2.24, 2.45) is 21.8 Å². The predicted octanol–water partition coefficient (Wildman–Crippen LogP) is 8.26. The van der Waals surface area contributed by atoms with Gasteiger partial charge in [-0.15, -0.1) is 0 Å². The first-order chi connectivity index (χ1) is 20.0. The first-order valence-corrected chi connectivity index (χ1v) is 14.6. The summed E-state index contributed by atoms with van der Waals surface area (Å²) in [6, 6.07) is 30.4. The van der Waals surface area contributed by atoms with Gasteiger partial charge in [-0.05, 0) is 58.4 Å². The molecule has 0 fully saturated rings. The number of aromatic amines is 1. The van der Waals surface area contributed by atoms with Crippen LogP contribution in [0, 0.1) is 11.8 Å². The van der Waals surface area contributed by atoms with Gasteiger partial charge in [0.05, 0.1) is 34.2 Å². The van der Waals surface area contributed by atoms with Gasteiger partial charge in [0.25, 0.3) is 0 Å². The molecule has 41 heavy (non-hydrogen) atoms. The molecule has 0 spiro atoms. The number of nitrogens with zero attached hydrogens (tertiary/aromatic N) is 2. The van der Waals surface area contributed by atoms with E-state index in [2.05, 4.69) is 118 Å². The van der Waals surface area contributed by atoms with E-state index in [1.54, 1.807) is 0 Å².